The minimum atomic E-state index is -0.0600. The van der Waals surface area contributed by atoms with E-state index in [4.69, 9.17) is 5.73 Å². The van der Waals surface area contributed by atoms with Gasteiger partial charge in [-0.25, -0.2) is 0 Å². The lowest BCUT2D eigenvalue weighted by Gasteiger charge is -2.07. The molecule has 0 fully saturated rings. The van der Waals surface area contributed by atoms with Crippen molar-refractivity contribution in [1.82, 2.24) is 0 Å². The Morgan fingerprint density at radius 3 is 2.36 bits per heavy atom. The second kappa shape index (κ2) is 4.83. The van der Waals surface area contributed by atoms with E-state index in [2.05, 4.69) is 31.8 Å². The molecule has 0 aliphatic carbocycles. The molecule has 0 radical (unpaired) electrons. The summed E-state index contributed by atoms with van der Waals surface area (Å²) in [6, 6.07) is 8.17. The molecule has 74 valence electrons. The summed E-state index contributed by atoms with van der Waals surface area (Å²) in [6.07, 6.45) is 0. The van der Waals surface area contributed by atoms with Gasteiger partial charge in [-0.1, -0.05) is 43.9 Å². The molecule has 1 unspecified atom stereocenters. The van der Waals surface area contributed by atoms with E-state index < -0.39 is 0 Å². The maximum Gasteiger partial charge on any atom is 0.0639 e. The van der Waals surface area contributed by atoms with Crippen LogP contribution in [0.15, 0.2) is 24.3 Å². The van der Waals surface area contributed by atoms with E-state index >= 15 is 0 Å². The summed E-state index contributed by atoms with van der Waals surface area (Å²) in [4.78, 5) is 0. The molecule has 0 saturated heterocycles. The standard InChI is InChI=1S/C13H17N/c1-10(2)13-7-5-4-6-12(13)9-8-11(3)14/h4-7,10-11H,14H2,1-3H3. The molecule has 2 N–H and O–H groups in total. The maximum atomic E-state index is 5.59. The SMILES string of the molecule is CC(N)C#Cc1ccccc1C(C)C. The highest BCUT2D eigenvalue weighted by atomic mass is 14.6. The third kappa shape index (κ3) is 2.90. The van der Waals surface area contributed by atoms with E-state index in [1.54, 1.807) is 0 Å². The quantitative estimate of drug-likeness (QED) is 0.672. The van der Waals surface area contributed by atoms with Gasteiger partial charge in [-0.15, -0.1) is 0 Å². The van der Waals surface area contributed by atoms with Crippen molar-refractivity contribution < 1.29 is 0 Å². The first kappa shape index (κ1) is 10.8. The van der Waals surface area contributed by atoms with E-state index in [1.807, 2.05) is 25.1 Å². The normalized spacial score (nSPS) is 12.1. The molecule has 0 bridgehead atoms. The van der Waals surface area contributed by atoms with Gasteiger partial charge in [0, 0.05) is 5.56 Å². The van der Waals surface area contributed by atoms with E-state index in [1.165, 1.54) is 5.56 Å². The highest BCUT2D eigenvalue weighted by Gasteiger charge is 2.02. The molecular weight excluding hydrogens is 170 g/mol. The van der Waals surface area contributed by atoms with Crippen LogP contribution in [0.25, 0.3) is 0 Å². The van der Waals surface area contributed by atoms with Crippen LogP contribution in [0.1, 0.15) is 37.8 Å². The lowest BCUT2D eigenvalue weighted by Crippen LogP contribution is -2.11. The van der Waals surface area contributed by atoms with Crippen LogP contribution in [-0.2, 0) is 0 Å². The van der Waals surface area contributed by atoms with Gasteiger partial charge in [-0.05, 0) is 24.5 Å². The summed E-state index contributed by atoms with van der Waals surface area (Å²) in [6.45, 7) is 6.24. The van der Waals surface area contributed by atoms with E-state index in [0.29, 0.717) is 5.92 Å². The lowest BCUT2D eigenvalue weighted by molar-refractivity contribution is 0.863. The Hall–Kier alpha value is -1.26. The molecular formula is C13H17N. The van der Waals surface area contributed by atoms with Crippen LogP contribution in [0.2, 0.25) is 0 Å². The average Bonchev–Trinajstić information content (AvgIpc) is 2.15. The van der Waals surface area contributed by atoms with Crippen molar-refractivity contribution in [3.8, 4) is 11.8 Å². The Labute approximate surface area is 86.3 Å². The van der Waals surface area contributed by atoms with Gasteiger partial charge in [0.05, 0.1) is 6.04 Å². The fourth-order valence-corrected chi connectivity index (χ4v) is 1.31. The van der Waals surface area contributed by atoms with Gasteiger partial charge in [0.2, 0.25) is 0 Å². The summed E-state index contributed by atoms with van der Waals surface area (Å²) in [7, 11) is 0. The number of nitrogens with two attached hydrogens (primary N) is 1. The fraction of sp³-hybridized carbons (Fsp3) is 0.385. The van der Waals surface area contributed by atoms with Crippen LogP contribution >= 0.6 is 0 Å². The number of benzene rings is 1. The molecule has 0 spiro atoms. The van der Waals surface area contributed by atoms with Crippen molar-refractivity contribution >= 4 is 0 Å². The van der Waals surface area contributed by atoms with E-state index in [-0.39, 0.29) is 6.04 Å². The minimum absolute atomic E-state index is 0.0600. The number of hydrogen-bond donors (Lipinski definition) is 1. The maximum absolute atomic E-state index is 5.59. The summed E-state index contributed by atoms with van der Waals surface area (Å²) < 4.78 is 0. The topological polar surface area (TPSA) is 26.0 Å². The summed E-state index contributed by atoms with van der Waals surface area (Å²) in [5.41, 5.74) is 7.98. The van der Waals surface area contributed by atoms with Crippen molar-refractivity contribution in [2.24, 2.45) is 5.73 Å². The highest BCUT2D eigenvalue weighted by molar-refractivity contribution is 5.43. The second-order valence-corrected chi connectivity index (χ2v) is 3.80. The van der Waals surface area contributed by atoms with Crippen molar-refractivity contribution in [1.29, 1.82) is 0 Å². The first-order valence-electron chi connectivity index (χ1n) is 4.97. The summed E-state index contributed by atoms with van der Waals surface area (Å²) >= 11 is 0. The Morgan fingerprint density at radius 1 is 1.14 bits per heavy atom. The second-order valence-electron chi connectivity index (χ2n) is 3.80. The first-order valence-corrected chi connectivity index (χ1v) is 4.97. The molecule has 1 rings (SSSR count). The first-order chi connectivity index (χ1) is 6.61. The molecule has 1 aromatic rings. The smallest absolute Gasteiger partial charge is 0.0639 e. The largest absolute Gasteiger partial charge is 0.318 e. The monoisotopic (exact) mass is 187 g/mol. The summed E-state index contributed by atoms with van der Waals surface area (Å²) in [5.74, 6) is 6.61. The third-order valence-corrected chi connectivity index (χ3v) is 2.02. The van der Waals surface area contributed by atoms with Crippen LogP contribution in [0.4, 0.5) is 0 Å². The van der Waals surface area contributed by atoms with Gasteiger partial charge in [0.1, 0.15) is 0 Å². The van der Waals surface area contributed by atoms with Crippen LogP contribution in [0, 0.1) is 11.8 Å². The third-order valence-electron chi connectivity index (χ3n) is 2.02. The molecule has 1 heteroatoms. The van der Waals surface area contributed by atoms with Crippen LogP contribution in [-0.4, -0.2) is 6.04 Å². The molecule has 1 nitrogen and oxygen atoms in total. The molecule has 0 saturated carbocycles. The minimum Gasteiger partial charge on any atom is -0.318 e. The Balaban J connectivity index is 3.04. The molecule has 14 heavy (non-hydrogen) atoms. The molecule has 1 aromatic carbocycles. The average molecular weight is 187 g/mol. The predicted molar refractivity (Wildman–Crippen MR) is 61.1 cm³/mol. The van der Waals surface area contributed by atoms with Crippen molar-refractivity contribution in [2.45, 2.75) is 32.7 Å². The summed E-state index contributed by atoms with van der Waals surface area (Å²) in [5, 5.41) is 0. The van der Waals surface area contributed by atoms with Gasteiger partial charge in [0.25, 0.3) is 0 Å². The zero-order valence-corrected chi connectivity index (χ0v) is 9.04. The molecule has 0 heterocycles. The van der Waals surface area contributed by atoms with Crippen molar-refractivity contribution in [3.05, 3.63) is 35.4 Å². The van der Waals surface area contributed by atoms with E-state index in [9.17, 15) is 0 Å². The van der Waals surface area contributed by atoms with E-state index in [0.717, 1.165) is 5.56 Å². The predicted octanol–water partition coefficient (Wildman–Crippen LogP) is 2.51. The van der Waals surface area contributed by atoms with Crippen molar-refractivity contribution in [3.63, 3.8) is 0 Å². The number of hydrogen-bond acceptors (Lipinski definition) is 1. The molecule has 0 aliphatic heterocycles. The zero-order valence-electron chi connectivity index (χ0n) is 9.04. The highest BCUT2D eigenvalue weighted by Crippen LogP contribution is 2.17. The van der Waals surface area contributed by atoms with Gasteiger partial charge in [-0.2, -0.15) is 0 Å². The van der Waals surface area contributed by atoms with Gasteiger partial charge in [0.15, 0.2) is 0 Å². The lowest BCUT2D eigenvalue weighted by atomic mass is 9.97. The molecule has 1 atom stereocenters. The fourth-order valence-electron chi connectivity index (χ4n) is 1.31. The van der Waals surface area contributed by atoms with Gasteiger partial charge in [-0.3, -0.25) is 0 Å². The van der Waals surface area contributed by atoms with Crippen LogP contribution in [0.5, 0.6) is 0 Å². The molecule has 0 aliphatic rings. The Morgan fingerprint density at radius 2 is 1.79 bits per heavy atom. The number of rotatable bonds is 1. The van der Waals surface area contributed by atoms with Gasteiger partial charge >= 0.3 is 0 Å². The van der Waals surface area contributed by atoms with Crippen LogP contribution in [0.3, 0.4) is 0 Å². The van der Waals surface area contributed by atoms with Gasteiger partial charge < -0.3 is 5.73 Å². The van der Waals surface area contributed by atoms with Crippen molar-refractivity contribution in [2.75, 3.05) is 0 Å². The molecule has 0 aromatic heterocycles. The molecule has 0 amide bonds. The Kier molecular flexibility index (Phi) is 3.73. The Bertz CT molecular complexity index is 353. The zero-order chi connectivity index (χ0) is 10.6. The van der Waals surface area contributed by atoms with Crippen LogP contribution < -0.4 is 5.73 Å².